The van der Waals surface area contributed by atoms with Crippen molar-refractivity contribution in [3.05, 3.63) is 0 Å². The van der Waals surface area contributed by atoms with Gasteiger partial charge in [-0.15, -0.1) is 0 Å². The molecule has 1 amide bonds. The van der Waals surface area contributed by atoms with Gasteiger partial charge in [0.05, 0.1) is 10.5 Å². The Bertz CT molecular complexity index is 157. The van der Waals surface area contributed by atoms with Crippen molar-refractivity contribution >= 4 is 34.3 Å². The molecule has 0 radical (unpaired) electrons. The number of nitrogens with one attached hydrogen (secondary N) is 1. The zero-order chi connectivity index (χ0) is 6.85. The van der Waals surface area contributed by atoms with Crippen molar-refractivity contribution in [2.75, 3.05) is 6.54 Å². The second-order valence-corrected chi connectivity index (χ2v) is 3.43. The molecule has 4 heteroatoms. The number of piperidine rings is 1. The Kier molecular flexibility index (Phi) is 2.05. The average Bonchev–Trinajstić information content (AvgIpc) is 1.80. The predicted molar refractivity (Wildman–Crippen MR) is 40.4 cm³/mol. The summed E-state index contributed by atoms with van der Waals surface area (Å²) in [5.74, 6) is 0.101. The van der Waals surface area contributed by atoms with E-state index < -0.39 is 0 Å². The second-order valence-electron chi connectivity index (χ2n) is 1.93. The lowest BCUT2D eigenvalue weighted by Crippen LogP contribution is -2.42. The molecule has 1 aliphatic heterocycles. The van der Waals surface area contributed by atoms with Crippen LogP contribution in [0.25, 0.3) is 0 Å². The molecule has 9 heavy (non-hydrogen) atoms. The third-order valence-electron chi connectivity index (χ3n) is 1.15. The van der Waals surface area contributed by atoms with E-state index in [9.17, 15) is 9.59 Å². The van der Waals surface area contributed by atoms with Gasteiger partial charge in [-0.1, -0.05) is 22.6 Å². The summed E-state index contributed by atoms with van der Waals surface area (Å²) in [4.78, 5) is 21.3. The van der Waals surface area contributed by atoms with Crippen molar-refractivity contribution in [2.24, 2.45) is 0 Å². The summed E-state index contributed by atoms with van der Waals surface area (Å²) in [5, 5.41) is 2.49. The number of ketones is 1. The molecule has 1 N–H and O–H groups in total. The molecule has 1 heterocycles. The van der Waals surface area contributed by atoms with Crippen LogP contribution in [0.4, 0.5) is 0 Å². The van der Waals surface area contributed by atoms with E-state index in [1.807, 2.05) is 22.6 Å². The lowest BCUT2D eigenvalue weighted by molar-refractivity contribution is -0.128. The van der Waals surface area contributed by atoms with Gasteiger partial charge in [0.2, 0.25) is 5.91 Å². The fourth-order valence-corrected chi connectivity index (χ4v) is 1.37. The van der Waals surface area contributed by atoms with Crippen LogP contribution in [0.15, 0.2) is 0 Å². The molecule has 0 aromatic carbocycles. The molecule has 0 aromatic rings. The number of rotatable bonds is 0. The van der Waals surface area contributed by atoms with Gasteiger partial charge in [-0.3, -0.25) is 9.59 Å². The van der Waals surface area contributed by atoms with Crippen molar-refractivity contribution in [3.63, 3.8) is 0 Å². The number of hydrogen-bond donors (Lipinski definition) is 1. The molecule has 50 valence electrons. The van der Waals surface area contributed by atoms with Crippen LogP contribution in [-0.2, 0) is 9.59 Å². The number of carbonyl (C=O) groups is 2. The minimum atomic E-state index is -0.149. The molecule has 1 atom stereocenters. The number of alkyl halides is 1. The van der Waals surface area contributed by atoms with Gasteiger partial charge in [0.25, 0.3) is 0 Å². The first-order valence-electron chi connectivity index (χ1n) is 2.63. The highest BCUT2D eigenvalue weighted by molar-refractivity contribution is 14.1. The zero-order valence-corrected chi connectivity index (χ0v) is 6.84. The van der Waals surface area contributed by atoms with Crippen molar-refractivity contribution in [2.45, 2.75) is 10.3 Å². The fourth-order valence-electron chi connectivity index (χ4n) is 0.661. The molecule has 1 unspecified atom stereocenters. The lowest BCUT2D eigenvalue weighted by Gasteiger charge is -2.14. The zero-order valence-electron chi connectivity index (χ0n) is 4.69. The van der Waals surface area contributed by atoms with Crippen LogP contribution < -0.4 is 5.32 Å². The van der Waals surface area contributed by atoms with E-state index in [-0.39, 0.29) is 22.2 Å². The SMILES string of the molecule is O=C1CNC(=O)C(I)C1. The number of carbonyl (C=O) groups excluding carboxylic acids is 2. The molecule has 0 aromatic heterocycles. The monoisotopic (exact) mass is 239 g/mol. The van der Waals surface area contributed by atoms with Gasteiger partial charge in [0, 0.05) is 6.42 Å². The van der Waals surface area contributed by atoms with Gasteiger partial charge in [-0.05, 0) is 0 Å². The summed E-state index contributed by atoms with van der Waals surface area (Å²) >= 11 is 1.97. The first kappa shape index (κ1) is 6.98. The predicted octanol–water partition coefficient (Wildman–Crippen LogP) is -0.121. The van der Waals surface area contributed by atoms with Gasteiger partial charge in [0.15, 0.2) is 5.78 Å². The molecule has 1 saturated heterocycles. The Morgan fingerprint density at radius 2 is 2.22 bits per heavy atom. The van der Waals surface area contributed by atoms with Gasteiger partial charge in [-0.25, -0.2) is 0 Å². The topological polar surface area (TPSA) is 46.2 Å². The van der Waals surface area contributed by atoms with Crippen molar-refractivity contribution in [3.8, 4) is 0 Å². The van der Waals surface area contributed by atoms with Crippen LogP contribution in [0.5, 0.6) is 0 Å². The minimum absolute atomic E-state index is 0.0183. The highest BCUT2D eigenvalue weighted by atomic mass is 127. The Morgan fingerprint density at radius 1 is 1.56 bits per heavy atom. The smallest absolute Gasteiger partial charge is 0.233 e. The number of halogens is 1. The van der Waals surface area contributed by atoms with E-state index in [2.05, 4.69) is 5.32 Å². The summed E-state index contributed by atoms with van der Waals surface area (Å²) in [6.45, 7) is 0.221. The van der Waals surface area contributed by atoms with E-state index in [1.54, 1.807) is 0 Å². The fraction of sp³-hybridized carbons (Fsp3) is 0.600. The average molecular weight is 239 g/mol. The van der Waals surface area contributed by atoms with Crippen LogP contribution >= 0.6 is 22.6 Å². The van der Waals surface area contributed by atoms with E-state index >= 15 is 0 Å². The van der Waals surface area contributed by atoms with Crippen molar-refractivity contribution in [1.82, 2.24) is 5.32 Å². The summed E-state index contributed by atoms with van der Waals surface area (Å²) in [6, 6.07) is 0. The maximum Gasteiger partial charge on any atom is 0.233 e. The molecule has 0 spiro atoms. The standard InChI is InChI=1S/C5H6INO2/c6-4-1-3(8)2-7-5(4)9/h4H,1-2H2,(H,7,9). The molecule has 1 fully saturated rings. The highest BCUT2D eigenvalue weighted by Gasteiger charge is 2.23. The molecule has 3 nitrogen and oxygen atoms in total. The Balaban J connectivity index is 2.54. The third kappa shape index (κ3) is 1.64. The first-order valence-corrected chi connectivity index (χ1v) is 3.88. The maximum atomic E-state index is 10.7. The summed E-state index contributed by atoms with van der Waals surface area (Å²) in [6.07, 6.45) is 0.395. The minimum Gasteiger partial charge on any atom is -0.348 e. The Morgan fingerprint density at radius 3 is 2.67 bits per heavy atom. The van der Waals surface area contributed by atoms with Gasteiger partial charge in [0.1, 0.15) is 0 Å². The Labute approximate surface area is 66.3 Å². The molecular weight excluding hydrogens is 233 g/mol. The summed E-state index contributed by atoms with van der Waals surface area (Å²) in [7, 11) is 0. The van der Waals surface area contributed by atoms with Crippen LogP contribution in [0.1, 0.15) is 6.42 Å². The van der Waals surface area contributed by atoms with Crippen molar-refractivity contribution < 1.29 is 9.59 Å². The third-order valence-corrected chi connectivity index (χ3v) is 2.16. The molecule has 0 saturated carbocycles. The van der Waals surface area contributed by atoms with Crippen molar-refractivity contribution in [1.29, 1.82) is 0 Å². The quantitative estimate of drug-likeness (QED) is 0.473. The normalized spacial score (nSPS) is 27.9. The molecule has 0 bridgehead atoms. The van der Waals surface area contributed by atoms with E-state index in [1.165, 1.54) is 0 Å². The summed E-state index contributed by atoms with van der Waals surface area (Å²) < 4.78 is -0.149. The van der Waals surface area contributed by atoms with Gasteiger partial charge in [-0.2, -0.15) is 0 Å². The Hall–Kier alpha value is -0.130. The lowest BCUT2D eigenvalue weighted by atomic mass is 10.1. The van der Waals surface area contributed by atoms with Crippen LogP contribution in [-0.4, -0.2) is 22.2 Å². The maximum absolute atomic E-state index is 10.7. The van der Waals surface area contributed by atoms with E-state index in [4.69, 9.17) is 0 Å². The molecular formula is C5H6INO2. The molecule has 1 rings (SSSR count). The van der Waals surface area contributed by atoms with Crippen LogP contribution in [0.3, 0.4) is 0 Å². The largest absolute Gasteiger partial charge is 0.348 e. The first-order chi connectivity index (χ1) is 4.20. The highest BCUT2D eigenvalue weighted by Crippen LogP contribution is 2.09. The van der Waals surface area contributed by atoms with E-state index in [0.717, 1.165) is 0 Å². The number of amides is 1. The summed E-state index contributed by atoms with van der Waals surface area (Å²) in [5.41, 5.74) is 0. The number of Topliss-reactive ketones (excluding diaryl/α,β-unsaturated/α-hetero) is 1. The molecule has 0 aliphatic carbocycles. The van der Waals surface area contributed by atoms with Gasteiger partial charge < -0.3 is 5.32 Å². The van der Waals surface area contributed by atoms with Crippen LogP contribution in [0.2, 0.25) is 0 Å². The van der Waals surface area contributed by atoms with Gasteiger partial charge >= 0.3 is 0 Å². The van der Waals surface area contributed by atoms with E-state index in [0.29, 0.717) is 6.42 Å². The molecule has 1 aliphatic rings. The second kappa shape index (κ2) is 2.64. The van der Waals surface area contributed by atoms with Crippen LogP contribution in [0, 0.1) is 0 Å². The number of hydrogen-bond acceptors (Lipinski definition) is 2.